The van der Waals surface area contributed by atoms with Crippen molar-refractivity contribution in [1.82, 2.24) is 0 Å². The van der Waals surface area contributed by atoms with Gasteiger partial charge in [-0.3, -0.25) is 4.79 Å². The van der Waals surface area contributed by atoms with Crippen LogP contribution in [0.1, 0.15) is 72.1 Å². The highest BCUT2D eigenvalue weighted by Crippen LogP contribution is 2.71. The zero-order valence-corrected chi connectivity index (χ0v) is 14.9. The summed E-state index contributed by atoms with van der Waals surface area (Å²) in [4.78, 5) is 13.3. The van der Waals surface area contributed by atoms with Crippen LogP contribution >= 0.6 is 0 Å². The lowest BCUT2D eigenvalue weighted by Gasteiger charge is -2.62. The van der Waals surface area contributed by atoms with Crippen LogP contribution in [0.2, 0.25) is 0 Å². The molecule has 4 aliphatic rings. The molecule has 130 valence electrons. The van der Waals surface area contributed by atoms with Crippen molar-refractivity contribution in [2.45, 2.75) is 77.7 Å². The van der Waals surface area contributed by atoms with Crippen molar-refractivity contribution in [3.63, 3.8) is 0 Å². The van der Waals surface area contributed by atoms with Gasteiger partial charge in [0.05, 0.1) is 12.2 Å². The van der Waals surface area contributed by atoms with Crippen molar-refractivity contribution in [3.05, 3.63) is 0 Å². The molecular formula is C20H32O3. The standard InChI is InChI=1S/C20H32O3/c1-17(2)7-4-8-18(3)14-6-5-13-10-19(14,11-20(13,23)12-21)16(22)9-15(17)18/h13-15,21,23H,4-12H2,1-3H3/t13-,14+,15+,18-,19-,20+/m0/s1. The van der Waals surface area contributed by atoms with E-state index in [1.165, 1.54) is 19.3 Å². The molecule has 4 fully saturated rings. The van der Waals surface area contributed by atoms with Gasteiger partial charge in [-0.15, -0.1) is 0 Å². The molecule has 0 aromatic rings. The maximum atomic E-state index is 13.3. The number of carbonyl (C=O) groups excluding carboxylic acids is 1. The Hall–Kier alpha value is -0.410. The van der Waals surface area contributed by atoms with E-state index in [0.717, 1.165) is 19.3 Å². The monoisotopic (exact) mass is 320 g/mol. The summed E-state index contributed by atoms with van der Waals surface area (Å²) in [6.07, 6.45) is 7.75. The zero-order valence-electron chi connectivity index (χ0n) is 14.9. The molecule has 3 nitrogen and oxygen atoms in total. The van der Waals surface area contributed by atoms with E-state index < -0.39 is 5.60 Å². The second-order valence-electron chi connectivity index (χ2n) is 10.2. The van der Waals surface area contributed by atoms with Crippen LogP contribution in [-0.4, -0.2) is 28.2 Å². The topological polar surface area (TPSA) is 57.5 Å². The molecule has 0 aromatic heterocycles. The number of rotatable bonds is 1. The molecule has 3 heteroatoms. The van der Waals surface area contributed by atoms with E-state index in [-0.39, 0.29) is 28.8 Å². The van der Waals surface area contributed by atoms with Gasteiger partial charge in [-0.2, -0.15) is 0 Å². The minimum absolute atomic E-state index is 0.115. The number of hydrogen-bond donors (Lipinski definition) is 2. The maximum absolute atomic E-state index is 13.3. The van der Waals surface area contributed by atoms with Gasteiger partial charge in [0, 0.05) is 11.8 Å². The van der Waals surface area contributed by atoms with Crippen molar-refractivity contribution in [3.8, 4) is 0 Å². The van der Waals surface area contributed by atoms with Gasteiger partial charge in [-0.05, 0) is 67.1 Å². The summed E-state index contributed by atoms with van der Waals surface area (Å²) in [5.41, 5.74) is -0.898. The van der Waals surface area contributed by atoms with E-state index in [1.807, 2.05) is 0 Å². The highest BCUT2D eigenvalue weighted by Gasteiger charge is 2.70. The van der Waals surface area contributed by atoms with Gasteiger partial charge in [0.15, 0.2) is 0 Å². The van der Waals surface area contributed by atoms with Crippen LogP contribution in [-0.2, 0) is 4.79 Å². The first-order chi connectivity index (χ1) is 10.7. The molecular weight excluding hydrogens is 288 g/mol. The largest absolute Gasteiger partial charge is 0.393 e. The summed E-state index contributed by atoms with van der Waals surface area (Å²) < 4.78 is 0. The van der Waals surface area contributed by atoms with Gasteiger partial charge in [0.25, 0.3) is 0 Å². The number of fused-ring (bicyclic) bond motifs is 3. The average Bonchev–Trinajstić information content (AvgIpc) is 2.71. The van der Waals surface area contributed by atoms with E-state index in [9.17, 15) is 15.0 Å². The summed E-state index contributed by atoms with van der Waals surface area (Å²) in [6.45, 7) is 6.95. The highest BCUT2D eigenvalue weighted by molar-refractivity contribution is 5.87. The molecule has 0 heterocycles. The third-order valence-corrected chi connectivity index (χ3v) is 8.75. The molecule has 0 amide bonds. The normalized spacial score (nSPS) is 54.5. The Balaban J connectivity index is 1.78. The average molecular weight is 320 g/mol. The zero-order chi connectivity index (χ0) is 16.7. The fourth-order valence-electron chi connectivity index (χ4n) is 7.71. The number of aliphatic hydroxyl groups excluding tert-OH is 1. The Morgan fingerprint density at radius 3 is 2.57 bits per heavy atom. The van der Waals surface area contributed by atoms with Crippen LogP contribution in [0, 0.1) is 34.0 Å². The lowest BCUT2D eigenvalue weighted by Crippen LogP contribution is -2.59. The van der Waals surface area contributed by atoms with Crippen LogP contribution in [0.15, 0.2) is 0 Å². The second-order valence-corrected chi connectivity index (χ2v) is 10.2. The third kappa shape index (κ3) is 1.87. The quantitative estimate of drug-likeness (QED) is 0.779. The number of ketones is 1. The van der Waals surface area contributed by atoms with Crippen LogP contribution in [0.25, 0.3) is 0 Å². The van der Waals surface area contributed by atoms with Gasteiger partial charge < -0.3 is 10.2 Å². The number of carbonyl (C=O) groups is 1. The first-order valence-electron chi connectivity index (χ1n) is 9.55. The van der Waals surface area contributed by atoms with Gasteiger partial charge in [0.1, 0.15) is 5.78 Å². The lowest BCUT2D eigenvalue weighted by molar-refractivity contribution is -0.170. The first kappa shape index (κ1) is 16.1. The predicted molar refractivity (Wildman–Crippen MR) is 88.8 cm³/mol. The summed E-state index contributed by atoms with van der Waals surface area (Å²) in [6, 6.07) is 0. The van der Waals surface area contributed by atoms with Crippen molar-refractivity contribution >= 4 is 5.78 Å². The summed E-state index contributed by atoms with van der Waals surface area (Å²) in [7, 11) is 0. The summed E-state index contributed by atoms with van der Waals surface area (Å²) in [5, 5.41) is 20.7. The fourth-order valence-corrected chi connectivity index (χ4v) is 7.71. The molecule has 1 spiro atoms. The fraction of sp³-hybridized carbons (Fsp3) is 0.950. The van der Waals surface area contributed by atoms with E-state index in [4.69, 9.17) is 0 Å². The van der Waals surface area contributed by atoms with E-state index in [2.05, 4.69) is 20.8 Å². The van der Waals surface area contributed by atoms with Crippen LogP contribution in [0.5, 0.6) is 0 Å². The molecule has 0 aliphatic heterocycles. The second kappa shape index (κ2) is 4.60. The Labute approximate surface area is 139 Å². The molecule has 2 N–H and O–H groups in total. The van der Waals surface area contributed by atoms with Crippen LogP contribution in [0.3, 0.4) is 0 Å². The molecule has 0 aromatic carbocycles. The SMILES string of the molecule is CC1(C)CCC[C@]2(C)[C@@H]1CC(=O)[C@]13C[C@H](CC[C@@H]12)[C@](O)(CO)C3. The van der Waals surface area contributed by atoms with Gasteiger partial charge in [0.2, 0.25) is 0 Å². The molecule has 4 saturated carbocycles. The first-order valence-corrected chi connectivity index (χ1v) is 9.55. The minimum atomic E-state index is -1.02. The Morgan fingerprint density at radius 1 is 1.13 bits per heavy atom. The molecule has 4 rings (SSSR count). The maximum Gasteiger partial charge on any atom is 0.139 e. The number of aliphatic hydroxyl groups is 2. The summed E-state index contributed by atoms with van der Waals surface area (Å²) in [5.74, 6) is 1.39. The molecule has 0 saturated heterocycles. The third-order valence-electron chi connectivity index (χ3n) is 8.75. The molecule has 0 unspecified atom stereocenters. The highest BCUT2D eigenvalue weighted by atomic mass is 16.3. The summed E-state index contributed by atoms with van der Waals surface area (Å²) >= 11 is 0. The number of Topliss-reactive ketones (excluding diaryl/α,β-unsaturated/α-hetero) is 1. The van der Waals surface area contributed by atoms with Crippen molar-refractivity contribution in [2.24, 2.45) is 34.0 Å². The molecule has 0 radical (unpaired) electrons. The Bertz CT molecular complexity index is 541. The molecule has 4 aliphatic carbocycles. The van der Waals surface area contributed by atoms with E-state index in [0.29, 0.717) is 30.5 Å². The van der Waals surface area contributed by atoms with Gasteiger partial charge >= 0.3 is 0 Å². The number of hydrogen-bond acceptors (Lipinski definition) is 3. The Kier molecular flexibility index (Phi) is 3.22. The lowest BCUT2D eigenvalue weighted by atomic mass is 9.41. The van der Waals surface area contributed by atoms with Gasteiger partial charge in [-0.25, -0.2) is 0 Å². The molecule has 6 atom stereocenters. The molecule has 2 bridgehead atoms. The predicted octanol–water partition coefficient (Wildman–Crippen LogP) is 3.32. The minimum Gasteiger partial charge on any atom is -0.393 e. The van der Waals surface area contributed by atoms with Crippen LogP contribution < -0.4 is 0 Å². The van der Waals surface area contributed by atoms with E-state index >= 15 is 0 Å². The Morgan fingerprint density at radius 2 is 1.87 bits per heavy atom. The van der Waals surface area contributed by atoms with Crippen molar-refractivity contribution in [1.29, 1.82) is 0 Å². The van der Waals surface area contributed by atoms with Crippen molar-refractivity contribution in [2.75, 3.05) is 6.61 Å². The van der Waals surface area contributed by atoms with Crippen LogP contribution in [0.4, 0.5) is 0 Å². The van der Waals surface area contributed by atoms with E-state index in [1.54, 1.807) is 0 Å². The molecule has 23 heavy (non-hydrogen) atoms. The van der Waals surface area contributed by atoms with Crippen molar-refractivity contribution < 1.29 is 15.0 Å². The van der Waals surface area contributed by atoms with Gasteiger partial charge in [-0.1, -0.05) is 27.2 Å². The smallest absolute Gasteiger partial charge is 0.139 e.